The van der Waals surface area contributed by atoms with Crippen molar-refractivity contribution in [1.82, 2.24) is 24.8 Å². The standard InChI is InChI=1S/C24H25F3N6O/c1-14-7-8-17(21-28-9-5-10-29-21)18(12-14)22(34)33-11-4-6-19(16(33)3)31-20-13-15(2)30-23(32-20)24(25,26)27/h5,7-10,12-13,16,19H,4,6,11H2,1-3H3,(H,30,31,32). The lowest BCUT2D eigenvalue weighted by molar-refractivity contribution is -0.145. The second-order valence-electron chi connectivity index (χ2n) is 8.47. The van der Waals surface area contributed by atoms with E-state index in [1.54, 1.807) is 23.4 Å². The molecule has 0 spiro atoms. The third-order valence-electron chi connectivity index (χ3n) is 5.90. The van der Waals surface area contributed by atoms with E-state index in [0.717, 1.165) is 5.56 Å². The van der Waals surface area contributed by atoms with Crippen LogP contribution in [0.25, 0.3) is 11.4 Å². The maximum Gasteiger partial charge on any atom is 0.451 e. The number of carbonyl (C=O) groups is 1. The van der Waals surface area contributed by atoms with Gasteiger partial charge in [-0.25, -0.2) is 19.9 Å². The predicted molar refractivity (Wildman–Crippen MR) is 121 cm³/mol. The van der Waals surface area contributed by atoms with E-state index in [4.69, 9.17) is 0 Å². The van der Waals surface area contributed by atoms with E-state index in [-0.39, 0.29) is 29.5 Å². The molecule has 1 amide bonds. The molecule has 3 heterocycles. The van der Waals surface area contributed by atoms with E-state index in [9.17, 15) is 18.0 Å². The molecular formula is C24H25F3N6O. The molecule has 10 heteroatoms. The van der Waals surface area contributed by atoms with Crippen molar-refractivity contribution in [2.24, 2.45) is 0 Å². The SMILES string of the molecule is Cc1ccc(-c2ncccn2)c(C(=O)N2CCCC(Nc3cc(C)nc(C(F)(F)F)n3)C2C)c1. The van der Waals surface area contributed by atoms with E-state index < -0.39 is 12.0 Å². The summed E-state index contributed by atoms with van der Waals surface area (Å²) < 4.78 is 39.5. The quantitative estimate of drug-likeness (QED) is 0.597. The van der Waals surface area contributed by atoms with Crippen molar-refractivity contribution in [3.63, 3.8) is 0 Å². The van der Waals surface area contributed by atoms with Gasteiger partial charge >= 0.3 is 6.18 Å². The number of hydrogen-bond donors (Lipinski definition) is 1. The minimum atomic E-state index is -4.64. The van der Waals surface area contributed by atoms with Gasteiger partial charge in [0.05, 0.1) is 5.56 Å². The van der Waals surface area contributed by atoms with Gasteiger partial charge in [-0.3, -0.25) is 4.79 Å². The third-order valence-corrected chi connectivity index (χ3v) is 5.90. The molecule has 2 aromatic heterocycles. The molecule has 4 rings (SSSR count). The van der Waals surface area contributed by atoms with Crippen LogP contribution in [-0.4, -0.2) is 49.4 Å². The van der Waals surface area contributed by atoms with Crippen molar-refractivity contribution in [3.05, 3.63) is 65.4 Å². The van der Waals surface area contributed by atoms with Crippen molar-refractivity contribution in [1.29, 1.82) is 0 Å². The minimum Gasteiger partial charge on any atom is -0.365 e. The number of carbonyl (C=O) groups excluding carboxylic acids is 1. The number of nitrogens with zero attached hydrogens (tertiary/aromatic N) is 5. The maximum absolute atomic E-state index is 13.7. The molecule has 0 saturated carbocycles. The van der Waals surface area contributed by atoms with Gasteiger partial charge in [-0.1, -0.05) is 17.7 Å². The zero-order valence-corrected chi connectivity index (χ0v) is 19.1. The number of nitrogens with one attached hydrogen (secondary N) is 1. The van der Waals surface area contributed by atoms with E-state index in [0.29, 0.717) is 36.3 Å². The van der Waals surface area contributed by atoms with Crippen molar-refractivity contribution in [2.75, 3.05) is 11.9 Å². The number of rotatable bonds is 4. The lowest BCUT2D eigenvalue weighted by Gasteiger charge is -2.40. The molecule has 0 radical (unpaired) electrons. The number of hydrogen-bond acceptors (Lipinski definition) is 6. The van der Waals surface area contributed by atoms with Crippen LogP contribution in [0.2, 0.25) is 0 Å². The van der Waals surface area contributed by atoms with E-state index >= 15 is 0 Å². The first-order valence-corrected chi connectivity index (χ1v) is 11.0. The number of piperidine rings is 1. The van der Waals surface area contributed by atoms with Crippen LogP contribution in [0.15, 0.2) is 42.7 Å². The van der Waals surface area contributed by atoms with Gasteiger partial charge in [0.15, 0.2) is 5.82 Å². The molecule has 0 bridgehead atoms. The Hall–Kier alpha value is -3.56. The second-order valence-corrected chi connectivity index (χ2v) is 8.47. The Morgan fingerprint density at radius 2 is 1.85 bits per heavy atom. The fourth-order valence-corrected chi connectivity index (χ4v) is 4.20. The molecule has 1 saturated heterocycles. The number of aromatic nitrogens is 4. The monoisotopic (exact) mass is 470 g/mol. The van der Waals surface area contributed by atoms with Crippen molar-refractivity contribution in [3.8, 4) is 11.4 Å². The number of benzene rings is 1. The molecule has 2 unspecified atom stereocenters. The van der Waals surface area contributed by atoms with Crippen molar-refractivity contribution in [2.45, 2.75) is 51.9 Å². The Morgan fingerprint density at radius 3 is 2.56 bits per heavy atom. The highest BCUT2D eigenvalue weighted by Gasteiger charge is 2.36. The first-order valence-electron chi connectivity index (χ1n) is 11.0. The van der Waals surface area contributed by atoms with Gasteiger partial charge in [0.2, 0.25) is 5.82 Å². The van der Waals surface area contributed by atoms with Gasteiger partial charge in [0.1, 0.15) is 5.82 Å². The number of anilines is 1. The number of amides is 1. The van der Waals surface area contributed by atoms with Gasteiger partial charge in [0.25, 0.3) is 5.91 Å². The van der Waals surface area contributed by atoms with E-state index in [1.807, 2.05) is 32.0 Å². The molecule has 0 aliphatic carbocycles. The average molecular weight is 470 g/mol. The summed E-state index contributed by atoms with van der Waals surface area (Å²) in [5.41, 5.74) is 2.28. The predicted octanol–water partition coefficient (Wildman–Crippen LogP) is 4.67. The fourth-order valence-electron chi connectivity index (χ4n) is 4.20. The molecule has 1 fully saturated rings. The van der Waals surface area contributed by atoms with Crippen LogP contribution in [0.5, 0.6) is 0 Å². The van der Waals surface area contributed by atoms with Crippen LogP contribution >= 0.6 is 0 Å². The second kappa shape index (κ2) is 9.36. The summed E-state index contributed by atoms with van der Waals surface area (Å²) in [6.07, 6.45) is 0.00606. The summed E-state index contributed by atoms with van der Waals surface area (Å²) in [5, 5.41) is 3.11. The largest absolute Gasteiger partial charge is 0.451 e. The van der Waals surface area contributed by atoms with Gasteiger partial charge in [0, 0.05) is 48.3 Å². The Labute approximate surface area is 195 Å². The molecule has 1 aromatic carbocycles. The summed E-state index contributed by atoms with van der Waals surface area (Å²) >= 11 is 0. The zero-order chi connectivity index (χ0) is 24.5. The maximum atomic E-state index is 13.7. The highest BCUT2D eigenvalue weighted by molar-refractivity contribution is 6.00. The summed E-state index contributed by atoms with van der Waals surface area (Å²) in [7, 11) is 0. The number of alkyl halides is 3. The molecule has 1 aliphatic rings. The van der Waals surface area contributed by atoms with Gasteiger partial charge in [-0.05, 0) is 45.7 Å². The summed E-state index contributed by atoms with van der Waals surface area (Å²) in [5.74, 6) is -0.792. The van der Waals surface area contributed by atoms with E-state index in [1.165, 1.54) is 13.0 Å². The van der Waals surface area contributed by atoms with Crippen LogP contribution in [0.4, 0.5) is 19.0 Å². The van der Waals surface area contributed by atoms with Crippen LogP contribution in [0.1, 0.15) is 47.2 Å². The first kappa shape index (κ1) is 23.6. The molecule has 7 nitrogen and oxygen atoms in total. The van der Waals surface area contributed by atoms with Crippen LogP contribution in [0, 0.1) is 13.8 Å². The summed E-state index contributed by atoms with van der Waals surface area (Å²) in [6, 6.07) is 8.20. The average Bonchev–Trinajstić information content (AvgIpc) is 2.79. The fraction of sp³-hybridized carbons (Fsp3) is 0.375. The molecule has 2 atom stereocenters. The smallest absolute Gasteiger partial charge is 0.365 e. The molecule has 3 aromatic rings. The van der Waals surface area contributed by atoms with Crippen LogP contribution < -0.4 is 5.32 Å². The highest BCUT2D eigenvalue weighted by Crippen LogP contribution is 2.30. The summed E-state index contributed by atoms with van der Waals surface area (Å²) in [4.78, 5) is 31.2. The van der Waals surface area contributed by atoms with Gasteiger partial charge in [-0.15, -0.1) is 0 Å². The lowest BCUT2D eigenvalue weighted by atomic mass is 9.95. The van der Waals surface area contributed by atoms with Crippen molar-refractivity contribution < 1.29 is 18.0 Å². The topological polar surface area (TPSA) is 83.9 Å². The first-order chi connectivity index (χ1) is 16.1. The van der Waals surface area contributed by atoms with Crippen LogP contribution in [-0.2, 0) is 6.18 Å². The minimum absolute atomic E-state index is 0.0971. The molecule has 1 aliphatic heterocycles. The molecular weight excluding hydrogens is 445 g/mol. The molecule has 178 valence electrons. The number of halogens is 3. The molecule has 1 N–H and O–H groups in total. The van der Waals surface area contributed by atoms with Gasteiger partial charge in [-0.2, -0.15) is 13.2 Å². The highest BCUT2D eigenvalue weighted by atomic mass is 19.4. The van der Waals surface area contributed by atoms with Crippen molar-refractivity contribution >= 4 is 11.7 Å². The lowest BCUT2D eigenvalue weighted by Crippen LogP contribution is -2.52. The van der Waals surface area contributed by atoms with Gasteiger partial charge < -0.3 is 10.2 Å². The Balaban J connectivity index is 1.60. The normalized spacial score (nSPS) is 18.6. The number of aryl methyl sites for hydroxylation is 2. The third kappa shape index (κ3) is 5.00. The number of likely N-dealkylation sites (tertiary alicyclic amines) is 1. The van der Waals surface area contributed by atoms with Crippen LogP contribution in [0.3, 0.4) is 0 Å². The molecule has 34 heavy (non-hydrogen) atoms. The Bertz CT molecular complexity index is 1190. The van der Waals surface area contributed by atoms with E-state index in [2.05, 4.69) is 25.3 Å². The summed E-state index contributed by atoms with van der Waals surface area (Å²) in [6.45, 7) is 5.83. The Kier molecular flexibility index (Phi) is 6.49. The Morgan fingerprint density at radius 1 is 1.12 bits per heavy atom. The zero-order valence-electron chi connectivity index (χ0n) is 19.1.